The molecule has 0 radical (unpaired) electrons. The highest BCUT2D eigenvalue weighted by atomic mass is 32.2. The molecule has 0 aliphatic carbocycles. The van der Waals surface area contributed by atoms with Crippen LogP contribution in [0.15, 0.2) is 23.1 Å². The van der Waals surface area contributed by atoms with Crippen molar-refractivity contribution < 1.29 is 9.59 Å². The zero-order valence-electron chi connectivity index (χ0n) is 16.5. The fourth-order valence-electron chi connectivity index (χ4n) is 4.27. The maximum Gasteiger partial charge on any atom is 0.293 e. The molecule has 0 saturated carbocycles. The monoisotopic (exact) mass is 372 g/mol. The number of hydrogen-bond donors (Lipinski definition) is 0. The van der Waals surface area contributed by atoms with E-state index in [1.807, 2.05) is 19.9 Å². The molecule has 2 amide bonds. The lowest BCUT2D eigenvalue weighted by Crippen LogP contribution is -2.48. The van der Waals surface area contributed by atoms with Gasteiger partial charge in [0.25, 0.3) is 11.1 Å². The summed E-state index contributed by atoms with van der Waals surface area (Å²) in [6.45, 7) is 13.8. The Bertz CT molecular complexity index is 782. The summed E-state index contributed by atoms with van der Waals surface area (Å²) in [5.41, 5.74) is 3.73. The first-order valence-corrected chi connectivity index (χ1v) is 10.2. The first-order valence-electron chi connectivity index (χ1n) is 9.34. The molecule has 0 N–H and O–H groups in total. The third-order valence-electron chi connectivity index (χ3n) is 5.36. The number of anilines is 1. The first kappa shape index (κ1) is 19.0. The fourth-order valence-corrected chi connectivity index (χ4v) is 5.23. The van der Waals surface area contributed by atoms with Crippen LogP contribution in [0.1, 0.15) is 65.0 Å². The summed E-state index contributed by atoms with van der Waals surface area (Å²) in [5, 5.41) is -0.179. The van der Waals surface area contributed by atoms with Crippen LogP contribution in [0.25, 0.3) is 6.08 Å². The third-order valence-corrected chi connectivity index (χ3v) is 6.25. The topological polar surface area (TPSA) is 40.6 Å². The van der Waals surface area contributed by atoms with Crippen molar-refractivity contribution in [3.63, 3.8) is 0 Å². The van der Waals surface area contributed by atoms with Crippen LogP contribution in [0.2, 0.25) is 0 Å². The van der Waals surface area contributed by atoms with Gasteiger partial charge in [-0.05, 0) is 88.1 Å². The zero-order chi connectivity index (χ0) is 19.2. The molecule has 1 aromatic rings. The first-order chi connectivity index (χ1) is 12.2. The van der Waals surface area contributed by atoms with Gasteiger partial charge in [0.2, 0.25) is 0 Å². The Morgan fingerprint density at radius 1 is 1.31 bits per heavy atom. The Kier molecular flexibility index (Phi) is 4.95. The maximum absolute atomic E-state index is 12.5. The van der Waals surface area contributed by atoms with Gasteiger partial charge >= 0.3 is 0 Å². The lowest BCUT2D eigenvalue weighted by atomic mass is 9.79. The number of fused-ring (bicyclic) bond motifs is 1. The third kappa shape index (κ3) is 3.18. The molecule has 1 saturated heterocycles. The quantitative estimate of drug-likeness (QED) is 0.680. The minimum atomic E-state index is -0.183. The van der Waals surface area contributed by atoms with Crippen LogP contribution >= 0.6 is 11.8 Å². The molecule has 1 aromatic carbocycles. The normalized spacial score (nSPS) is 24.0. The van der Waals surface area contributed by atoms with Crippen LogP contribution in [0.5, 0.6) is 0 Å². The van der Waals surface area contributed by atoms with Crippen molar-refractivity contribution in [2.45, 2.75) is 65.5 Å². The van der Waals surface area contributed by atoms with E-state index in [2.05, 4.69) is 50.8 Å². The van der Waals surface area contributed by atoms with Crippen LogP contribution in [0.3, 0.4) is 0 Å². The summed E-state index contributed by atoms with van der Waals surface area (Å²) in [5.74, 6) is 0.277. The highest BCUT2D eigenvalue weighted by Gasteiger charge is 2.37. The van der Waals surface area contributed by atoms with Crippen LogP contribution in [0.4, 0.5) is 10.5 Å². The summed E-state index contributed by atoms with van der Waals surface area (Å²) in [6.07, 6.45) is 2.96. The van der Waals surface area contributed by atoms with Crippen LogP contribution in [-0.2, 0) is 4.79 Å². The van der Waals surface area contributed by atoms with Crippen molar-refractivity contribution in [1.82, 2.24) is 4.90 Å². The smallest absolute Gasteiger partial charge is 0.293 e. The van der Waals surface area contributed by atoms with Gasteiger partial charge in [-0.1, -0.05) is 13.0 Å². The summed E-state index contributed by atoms with van der Waals surface area (Å²) in [4.78, 5) is 28.9. The van der Waals surface area contributed by atoms with Gasteiger partial charge in [0, 0.05) is 23.8 Å². The van der Waals surface area contributed by atoms with E-state index in [9.17, 15) is 9.59 Å². The number of carbonyl (C=O) groups excluding carboxylic acids is 2. The second kappa shape index (κ2) is 6.76. The highest BCUT2D eigenvalue weighted by molar-refractivity contribution is 8.18. The molecule has 0 spiro atoms. The lowest BCUT2D eigenvalue weighted by molar-refractivity contribution is -0.123. The number of thioether (sulfide) groups is 1. The van der Waals surface area contributed by atoms with Crippen molar-refractivity contribution in [3.05, 3.63) is 34.2 Å². The molecule has 1 unspecified atom stereocenters. The number of amides is 2. The molecule has 2 aliphatic heterocycles. The van der Waals surface area contributed by atoms with Crippen molar-refractivity contribution >= 4 is 34.7 Å². The van der Waals surface area contributed by atoms with Gasteiger partial charge in [-0.25, -0.2) is 0 Å². The maximum atomic E-state index is 12.5. The van der Waals surface area contributed by atoms with Crippen molar-refractivity contribution in [1.29, 1.82) is 0 Å². The number of carbonyl (C=O) groups is 2. The second-order valence-corrected chi connectivity index (χ2v) is 9.12. The number of nitrogens with zero attached hydrogens (tertiary/aromatic N) is 2. The average Bonchev–Trinajstić information content (AvgIpc) is 2.81. The van der Waals surface area contributed by atoms with E-state index in [4.69, 9.17) is 0 Å². The Hall–Kier alpha value is -1.75. The molecule has 3 rings (SSSR count). The number of rotatable bonds is 3. The van der Waals surface area contributed by atoms with E-state index in [0.29, 0.717) is 10.8 Å². The standard InChI is InChI=1S/C21H28N2O2S/c1-7-22-17-9-8-15(10-16(17)14(4)12-21(22,5)6)11-18-19(24)23(13(2)3)20(25)26-18/h8-11,13-14H,7,12H2,1-6H3/b18-11+. The Balaban J connectivity index is 1.97. The van der Waals surface area contributed by atoms with Gasteiger partial charge < -0.3 is 4.90 Å². The predicted molar refractivity (Wildman–Crippen MR) is 110 cm³/mol. The number of imide groups is 1. The minimum absolute atomic E-state index is 0.114. The average molecular weight is 373 g/mol. The van der Waals surface area contributed by atoms with E-state index in [0.717, 1.165) is 30.3 Å². The lowest BCUT2D eigenvalue weighted by Gasteiger charge is -2.47. The minimum Gasteiger partial charge on any atom is -0.366 e. The highest BCUT2D eigenvalue weighted by Crippen LogP contribution is 2.44. The van der Waals surface area contributed by atoms with Crippen LogP contribution in [-0.4, -0.2) is 34.2 Å². The Morgan fingerprint density at radius 3 is 2.58 bits per heavy atom. The Labute approximate surface area is 160 Å². The molecular weight excluding hydrogens is 344 g/mol. The van der Waals surface area contributed by atoms with E-state index < -0.39 is 0 Å². The van der Waals surface area contributed by atoms with Crippen molar-refractivity contribution in [2.75, 3.05) is 11.4 Å². The Morgan fingerprint density at radius 2 is 2.00 bits per heavy atom. The molecular formula is C21H28N2O2S. The molecule has 4 nitrogen and oxygen atoms in total. The van der Waals surface area contributed by atoms with Crippen molar-refractivity contribution in [3.8, 4) is 0 Å². The molecule has 140 valence electrons. The number of benzene rings is 1. The van der Waals surface area contributed by atoms with Gasteiger partial charge in [-0.2, -0.15) is 0 Å². The molecule has 5 heteroatoms. The molecule has 0 aromatic heterocycles. The summed E-state index contributed by atoms with van der Waals surface area (Å²) in [6, 6.07) is 6.28. The van der Waals surface area contributed by atoms with Gasteiger partial charge in [0.15, 0.2) is 0 Å². The largest absolute Gasteiger partial charge is 0.366 e. The van der Waals surface area contributed by atoms with E-state index in [1.165, 1.54) is 16.2 Å². The molecule has 2 aliphatic rings. The number of hydrogen-bond acceptors (Lipinski definition) is 4. The van der Waals surface area contributed by atoms with E-state index >= 15 is 0 Å². The van der Waals surface area contributed by atoms with Gasteiger partial charge in [-0.3, -0.25) is 14.5 Å². The molecule has 26 heavy (non-hydrogen) atoms. The fraction of sp³-hybridized carbons (Fsp3) is 0.524. The SMILES string of the molecule is CCN1c2ccc(/C=C3/SC(=O)N(C(C)C)C3=O)cc2C(C)CC1(C)C. The predicted octanol–water partition coefficient (Wildman–Crippen LogP) is 5.24. The summed E-state index contributed by atoms with van der Waals surface area (Å²) in [7, 11) is 0. The summed E-state index contributed by atoms with van der Waals surface area (Å²) < 4.78 is 0. The van der Waals surface area contributed by atoms with Gasteiger partial charge in [0.05, 0.1) is 4.91 Å². The van der Waals surface area contributed by atoms with Crippen molar-refractivity contribution in [2.24, 2.45) is 0 Å². The zero-order valence-corrected chi connectivity index (χ0v) is 17.3. The van der Waals surface area contributed by atoms with E-state index in [1.54, 1.807) is 0 Å². The molecule has 2 heterocycles. The second-order valence-electron chi connectivity index (χ2n) is 8.13. The van der Waals surface area contributed by atoms with E-state index in [-0.39, 0.29) is 22.7 Å². The van der Waals surface area contributed by atoms with Gasteiger partial charge in [0.1, 0.15) is 0 Å². The van der Waals surface area contributed by atoms with Crippen LogP contribution in [0, 0.1) is 0 Å². The summed E-state index contributed by atoms with van der Waals surface area (Å²) >= 11 is 1.04. The van der Waals surface area contributed by atoms with Crippen LogP contribution < -0.4 is 4.90 Å². The molecule has 0 bridgehead atoms. The molecule has 1 atom stereocenters. The van der Waals surface area contributed by atoms with Gasteiger partial charge in [-0.15, -0.1) is 0 Å². The molecule has 1 fully saturated rings.